The lowest BCUT2D eigenvalue weighted by Crippen LogP contribution is -2.13. The van der Waals surface area contributed by atoms with Crippen LogP contribution in [0, 0.1) is 0 Å². The minimum atomic E-state index is -2.98. The number of hydrogen-bond acceptors (Lipinski definition) is 3. The highest BCUT2D eigenvalue weighted by Crippen LogP contribution is 2.30. The van der Waals surface area contributed by atoms with Gasteiger partial charge in [0.15, 0.2) is 11.5 Å². The number of anilines is 1. The molecule has 0 aliphatic carbocycles. The number of ether oxygens (including phenoxy) is 2. The maximum atomic E-state index is 12.3. The fourth-order valence-corrected chi connectivity index (χ4v) is 2.51. The van der Waals surface area contributed by atoms with E-state index in [0.717, 1.165) is 4.47 Å². The van der Waals surface area contributed by atoms with Gasteiger partial charge in [0.05, 0.1) is 17.8 Å². The molecule has 0 unspecified atom stereocenters. The minimum absolute atomic E-state index is 0.0276. The van der Waals surface area contributed by atoms with Crippen LogP contribution >= 0.6 is 27.5 Å². The molecule has 1 amide bonds. The summed E-state index contributed by atoms with van der Waals surface area (Å²) in [6.07, 6.45) is 0. The van der Waals surface area contributed by atoms with Crippen LogP contribution in [-0.4, -0.2) is 19.6 Å². The molecule has 0 bridgehead atoms. The molecule has 0 aromatic heterocycles. The van der Waals surface area contributed by atoms with Crippen LogP contribution in [0.3, 0.4) is 0 Å². The lowest BCUT2D eigenvalue weighted by Gasteiger charge is -2.12. The Morgan fingerprint density at radius 1 is 1.22 bits per heavy atom. The topological polar surface area (TPSA) is 47.6 Å². The van der Waals surface area contributed by atoms with Gasteiger partial charge in [-0.25, -0.2) is 0 Å². The predicted octanol–water partition coefficient (Wildman–Crippen LogP) is 4.96. The Kier molecular flexibility index (Phi) is 5.79. The molecular formula is C15H11BrClF2NO3. The number of hydrogen-bond donors (Lipinski definition) is 1. The van der Waals surface area contributed by atoms with E-state index in [2.05, 4.69) is 26.0 Å². The van der Waals surface area contributed by atoms with Crippen molar-refractivity contribution < 1.29 is 23.0 Å². The zero-order valence-electron chi connectivity index (χ0n) is 11.8. The Hall–Kier alpha value is -1.86. The van der Waals surface area contributed by atoms with Crippen molar-refractivity contribution >= 4 is 39.1 Å². The van der Waals surface area contributed by atoms with Gasteiger partial charge in [-0.15, -0.1) is 0 Å². The largest absolute Gasteiger partial charge is 0.493 e. The zero-order valence-corrected chi connectivity index (χ0v) is 14.1. The van der Waals surface area contributed by atoms with Gasteiger partial charge in [0, 0.05) is 10.0 Å². The lowest BCUT2D eigenvalue weighted by atomic mass is 10.2. The van der Waals surface area contributed by atoms with Gasteiger partial charge in [-0.1, -0.05) is 27.5 Å². The summed E-state index contributed by atoms with van der Waals surface area (Å²) < 4.78 is 34.6. The first-order valence-electron chi connectivity index (χ1n) is 6.30. The average Bonchev–Trinajstić information content (AvgIpc) is 2.49. The summed E-state index contributed by atoms with van der Waals surface area (Å²) in [6.45, 7) is -2.98. The zero-order chi connectivity index (χ0) is 17.0. The quantitative estimate of drug-likeness (QED) is 0.763. The Bertz CT molecular complexity index is 728. The van der Waals surface area contributed by atoms with Crippen molar-refractivity contribution in [3.05, 3.63) is 51.5 Å². The summed E-state index contributed by atoms with van der Waals surface area (Å²) in [5.41, 5.74) is 0.634. The van der Waals surface area contributed by atoms with E-state index in [0.29, 0.717) is 10.7 Å². The maximum Gasteiger partial charge on any atom is 0.387 e. The van der Waals surface area contributed by atoms with E-state index in [1.807, 2.05) is 0 Å². The van der Waals surface area contributed by atoms with Crippen molar-refractivity contribution in [2.75, 3.05) is 12.4 Å². The van der Waals surface area contributed by atoms with Crippen LogP contribution in [0.2, 0.25) is 5.02 Å². The van der Waals surface area contributed by atoms with Gasteiger partial charge < -0.3 is 14.8 Å². The summed E-state index contributed by atoms with van der Waals surface area (Å²) in [7, 11) is 1.29. The fraction of sp³-hybridized carbons (Fsp3) is 0.133. The van der Waals surface area contributed by atoms with Crippen LogP contribution in [0.25, 0.3) is 0 Å². The van der Waals surface area contributed by atoms with Gasteiger partial charge >= 0.3 is 6.61 Å². The lowest BCUT2D eigenvalue weighted by molar-refractivity contribution is -0.0512. The average molecular weight is 407 g/mol. The highest BCUT2D eigenvalue weighted by Gasteiger charge is 2.15. The molecule has 0 saturated carbocycles. The molecule has 2 aromatic carbocycles. The molecule has 0 heterocycles. The van der Waals surface area contributed by atoms with Crippen molar-refractivity contribution in [3.63, 3.8) is 0 Å². The van der Waals surface area contributed by atoms with E-state index in [1.54, 1.807) is 18.2 Å². The molecular weight excluding hydrogens is 396 g/mol. The molecule has 0 radical (unpaired) electrons. The Morgan fingerprint density at radius 2 is 1.96 bits per heavy atom. The van der Waals surface area contributed by atoms with Crippen molar-refractivity contribution in [2.45, 2.75) is 6.61 Å². The number of carbonyl (C=O) groups excluding carboxylic acids is 1. The normalized spacial score (nSPS) is 10.5. The summed E-state index contributed by atoms with van der Waals surface area (Å²) in [4.78, 5) is 12.2. The second-order valence-electron chi connectivity index (χ2n) is 4.32. The Morgan fingerprint density at radius 3 is 2.57 bits per heavy atom. The number of halogens is 4. The molecule has 122 valence electrons. The molecule has 0 aliphatic heterocycles. The van der Waals surface area contributed by atoms with Gasteiger partial charge in [0.25, 0.3) is 5.91 Å². The van der Waals surface area contributed by atoms with E-state index in [9.17, 15) is 13.6 Å². The smallest absolute Gasteiger partial charge is 0.387 e. The minimum Gasteiger partial charge on any atom is -0.493 e. The van der Waals surface area contributed by atoms with E-state index in [1.165, 1.54) is 25.3 Å². The van der Waals surface area contributed by atoms with Crippen LogP contribution in [-0.2, 0) is 0 Å². The van der Waals surface area contributed by atoms with Crippen LogP contribution in [0.4, 0.5) is 14.5 Å². The molecule has 2 aromatic rings. The van der Waals surface area contributed by atoms with Crippen LogP contribution in [0.15, 0.2) is 40.9 Å². The summed E-state index contributed by atoms with van der Waals surface area (Å²) in [5.74, 6) is -0.586. The van der Waals surface area contributed by atoms with Crippen LogP contribution in [0.5, 0.6) is 11.5 Å². The third kappa shape index (κ3) is 4.56. The number of amides is 1. The Labute approximate surface area is 144 Å². The van der Waals surface area contributed by atoms with Gasteiger partial charge in [-0.3, -0.25) is 4.79 Å². The van der Waals surface area contributed by atoms with E-state index < -0.39 is 12.5 Å². The number of benzene rings is 2. The molecule has 2 rings (SSSR count). The molecule has 1 N–H and O–H groups in total. The second-order valence-corrected chi connectivity index (χ2v) is 5.65. The van der Waals surface area contributed by atoms with Crippen molar-refractivity contribution in [3.8, 4) is 11.5 Å². The summed E-state index contributed by atoms with van der Waals surface area (Å²) in [6, 6.07) is 8.89. The van der Waals surface area contributed by atoms with E-state index in [-0.39, 0.29) is 17.1 Å². The van der Waals surface area contributed by atoms with Gasteiger partial charge in [0.1, 0.15) is 0 Å². The molecule has 23 heavy (non-hydrogen) atoms. The molecule has 0 fully saturated rings. The number of carbonyl (C=O) groups is 1. The molecule has 0 aliphatic rings. The molecule has 8 heteroatoms. The fourth-order valence-electron chi connectivity index (χ4n) is 1.79. The van der Waals surface area contributed by atoms with Gasteiger partial charge in [0.2, 0.25) is 0 Å². The van der Waals surface area contributed by atoms with Crippen LogP contribution < -0.4 is 14.8 Å². The summed E-state index contributed by atoms with van der Waals surface area (Å²) >= 11 is 9.29. The third-order valence-corrected chi connectivity index (χ3v) is 3.63. The standard InChI is InChI=1S/C15H11BrClF2NO3/c1-22-13-6-8(2-5-12(13)23-15(18)19)14(21)20-11-4-3-9(16)7-10(11)17/h2-7,15H,1H3,(H,20,21). The highest BCUT2D eigenvalue weighted by molar-refractivity contribution is 9.10. The number of methoxy groups -OCH3 is 1. The molecule has 0 spiro atoms. The first-order valence-corrected chi connectivity index (χ1v) is 7.47. The third-order valence-electron chi connectivity index (χ3n) is 2.82. The predicted molar refractivity (Wildman–Crippen MR) is 86.7 cm³/mol. The maximum absolute atomic E-state index is 12.3. The number of nitrogens with one attached hydrogen (secondary N) is 1. The number of rotatable bonds is 5. The first kappa shape index (κ1) is 17.5. The molecule has 0 saturated heterocycles. The molecule has 0 atom stereocenters. The number of alkyl halides is 2. The monoisotopic (exact) mass is 405 g/mol. The van der Waals surface area contributed by atoms with E-state index >= 15 is 0 Å². The highest BCUT2D eigenvalue weighted by atomic mass is 79.9. The van der Waals surface area contributed by atoms with Crippen molar-refractivity contribution in [1.29, 1.82) is 0 Å². The van der Waals surface area contributed by atoms with Crippen molar-refractivity contribution in [2.24, 2.45) is 0 Å². The van der Waals surface area contributed by atoms with E-state index in [4.69, 9.17) is 16.3 Å². The van der Waals surface area contributed by atoms with Gasteiger partial charge in [-0.2, -0.15) is 8.78 Å². The van der Waals surface area contributed by atoms with Crippen LogP contribution in [0.1, 0.15) is 10.4 Å². The SMILES string of the molecule is COc1cc(C(=O)Nc2ccc(Br)cc2Cl)ccc1OC(F)F. The van der Waals surface area contributed by atoms with Gasteiger partial charge in [-0.05, 0) is 36.4 Å². The van der Waals surface area contributed by atoms with Crippen molar-refractivity contribution in [1.82, 2.24) is 0 Å². The first-order chi connectivity index (χ1) is 10.9. The Balaban J connectivity index is 2.22. The summed E-state index contributed by atoms with van der Waals surface area (Å²) in [5, 5.41) is 2.99. The second kappa shape index (κ2) is 7.61. The molecule has 4 nitrogen and oxygen atoms in total.